The summed E-state index contributed by atoms with van der Waals surface area (Å²) in [5.74, 6) is 0. The van der Waals surface area contributed by atoms with Crippen LogP contribution in [-0.2, 0) is 0 Å². The lowest BCUT2D eigenvalue weighted by molar-refractivity contribution is 0.568. The van der Waals surface area contributed by atoms with E-state index in [1.54, 1.807) is 23.9 Å². The lowest BCUT2D eigenvalue weighted by Gasteiger charge is -1.96. The molecule has 0 aliphatic heterocycles. The van der Waals surface area contributed by atoms with Crippen LogP contribution in [0.25, 0.3) is 10.6 Å². The molecule has 2 aromatic heterocycles. The van der Waals surface area contributed by atoms with E-state index in [2.05, 4.69) is 4.98 Å². The zero-order valence-corrected chi connectivity index (χ0v) is 8.04. The van der Waals surface area contributed by atoms with Crippen molar-refractivity contribution >= 4 is 11.3 Å². The highest BCUT2D eigenvalue weighted by molar-refractivity contribution is 7.15. The molecule has 1 atom stereocenters. The average molecular weight is 194 g/mol. The second kappa shape index (κ2) is 3.32. The molecule has 4 heteroatoms. The molecule has 2 N–H and O–H groups in total. The Morgan fingerprint density at radius 2 is 2.46 bits per heavy atom. The van der Waals surface area contributed by atoms with Crippen molar-refractivity contribution < 1.29 is 4.42 Å². The molecule has 0 saturated heterocycles. The van der Waals surface area contributed by atoms with Gasteiger partial charge in [-0.25, -0.2) is 4.98 Å². The summed E-state index contributed by atoms with van der Waals surface area (Å²) in [6.07, 6.45) is 5.14. The van der Waals surface area contributed by atoms with E-state index in [-0.39, 0.29) is 6.04 Å². The molecule has 2 aromatic rings. The van der Waals surface area contributed by atoms with Crippen LogP contribution in [0.4, 0.5) is 0 Å². The van der Waals surface area contributed by atoms with Gasteiger partial charge in [-0.2, -0.15) is 0 Å². The van der Waals surface area contributed by atoms with Crippen LogP contribution in [0.5, 0.6) is 0 Å². The van der Waals surface area contributed by atoms with E-state index in [4.69, 9.17) is 10.2 Å². The maximum absolute atomic E-state index is 5.73. The van der Waals surface area contributed by atoms with Gasteiger partial charge in [-0.05, 0) is 13.0 Å². The molecule has 3 nitrogen and oxygen atoms in total. The fraction of sp³-hybridized carbons (Fsp3) is 0.222. The SMILES string of the molecule is CC(N)c1cnc(-c2ccoc2)s1. The second-order valence-corrected chi connectivity index (χ2v) is 3.93. The Hall–Kier alpha value is -1.13. The summed E-state index contributed by atoms with van der Waals surface area (Å²) in [7, 11) is 0. The van der Waals surface area contributed by atoms with E-state index in [9.17, 15) is 0 Å². The minimum atomic E-state index is 0.0538. The molecular weight excluding hydrogens is 184 g/mol. The predicted octanol–water partition coefficient (Wildman–Crippen LogP) is 2.42. The first-order chi connectivity index (χ1) is 6.27. The van der Waals surface area contributed by atoms with Crippen molar-refractivity contribution in [2.24, 2.45) is 5.73 Å². The van der Waals surface area contributed by atoms with Crippen molar-refractivity contribution in [2.75, 3.05) is 0 Å². The Kier molecular flexibility index (Phi) is 2.16. The second-order valence-electron chi connectivity index (χ2n) is 2.87. The van der Waals surface area contributed by atoms with Crippen molar-refractivity contribution in [3.8, 4) is 10.6 Å². The Balaban J connectivity index is 2.33. The molecule has 0 radical (unpaired) electrons. The van der Waals surface area contributed by atoms with Crippen LogP contribution in [-0.4, -0.2) is 4.98 Å². The van der Waals surface area contributed by atoms with Gasteiger partial charge in [0.25, 0.3) is 0 Å². The Bertz CT molecular complexity index is 378. The fourth-order valence-electron chi connectivity index (χ4n) is 1.02. The third-order valence-electron chi connectivity index (χ3n) is 1.74. The molecule has 0 saturated carbocycles. The minimum Gasteiger partial charge on any atom is -0.472 e. The number of nitrogens with two attached hydrogens (primary N) is 1. The highest BCUT2D eigenvalue weighted by Crippen LogP contribution is 2.27. The normalized spacial score (nSPS) is 13.1. The molecule has 0 aromatic carbocycles. The maximum Gasteiger partial charge on any atom is 0.126 e. The first kappa shape index (κ1) is 8.47. The number of furan rings is 1. The highest BCUT2D eigenvalue weighted by Gasteiger charge is 2.07. The van der Waals surface area contributed by atoms with Crippen LogP contribution >= 0.6 is 11.3 Å². The monoisotopic (exact) mass is 194 g/mol. The number of hydrogen-bond acceptors (Lipinski definition) is 4. The lowest BCUT2D eigenvalue weighted by Crippen LogP contribution is -2.01. The summed E-state index contributed by atoms with van der Waals surface area (Å²) in [5, 5.41) is 0.959. The Morgan fingerprint density at radius 1 is 1.62 bits per heavy atom. The predicted molar refractivity (Wildman–Crippen MR) is 52.4 cm³/mol. The van der Waals surface area contributed by atoms with E-state index in [0.717, 1.165) is 15.4 Å². The quantitative estimate of drug-likeness (QED) is 0.798. The van der Waals surface area contributed by atoms with Crippen LogP contribution in [0.2, 0.25) is 0 Å². The zero-order chi connectivity index (χ0) is 9.26. The van der Waals surface area contributed by atoms with Crippen molar-refractivity contribution in [1.29, 1.82) is 0 Å². The smallest absolute Gasteiger partial charge is 0.126 e. The summed E-state index contributed by atoms with van der Waals surface area (Å²) < 4.78 is 4.97. The summed E-state index contributed by atoms with van der Waals surface area (Å²) in [4.78, 5) is 5.35. The van der Waals surface area contributed by atoms with E-state index >= 15 is 0 Å². The topological polar surface area (TPSA) is 52.0 Å². The molecule has 0 aliphatic rings. The molecule has 0 bridgehead atoms. The Labute approximate surface area is 80.2 Å². The number of thiazole rings is 1. The van der Waals surface area contributed by atoms with Gasteiger partial charge in [0, 0.05) is 22.7 Å². The standard InChI is InChI=1S/C9H10N2OS/c1-6(10)8-4-11-9(13-8)7-2-3-12-5-7/h2-6H,10H2,1H3. The van der Waals surface area contributed by atoms with Gasteiger partial charge in [-0.1, -0.05) is 0 Å². The molecule has 0 aliphatic carbocycles. The number of aromatic nitrogens is 1. The molecule has 2 rings (SSSR count). The fourth-order valence-corrected chi connectivity index (χ4v) is 1.87. The Morgan fingerprint density at radius 3 is 3.00 bits per heavy atom. The number of rotatable bonds is 2. The molecule has 68 valence electrons. The first-order valence-corrected chi connectivity index (χ1v) is 4.83. The van der Waals surface area contributed by atoms with Crippen molar-refractivity contribution in [3.63, 3.8) is 0 Å². The summed E-state index contributed by atoms with van der Waals surface area (Å²) in [6.45, 7) is 1.95. The van der Waals surface area contributed by atoms with Gasteiger partial charge in [-0.3, -0.25) is 0 Å². The summed E-state index contributed by atoms with van der Waals surface area (Å²) in [6, 6.07) is 1.95. The van der Waals surface area contributed by atoms with E-state index in [0.29, 0.717) is 0 Å². The first-order valence-electron chi connectivity index (χ1n) is 4.01. The molecular formula is C9H10N2OS. The third-order valence-corrected chi connectivity index (χ3v) is 2.99. The molecule has 0 amide bonds. The van der Waals surface area contributed by atoms with Gasteiger partial charge in [0.2, 0.25) is 0 Å². The van der Waals surface area contributed by atoms with E-state index in [1.807, 2.05) is 19.2 Å². The zero-order valence-electron chi connectivity index (χ0n) is 7.23. The third kappa shape index (κ3) is 1.64. The van der Waals surface area contributed by atoms with Crippen LogP contribution in [0, 0.1) is 0 Å². The molecule has 2 heterocycles. The summed E-state index contributed by atoms with van der Waals surface area (Å²) >= 11 is 1.60. The van der Waals surface area contributed by atoms with Crippen LogP contribution < -0.4 is 5.73 Å². The van der Waals surface area contributed by atoms with Gasteiger partial charge in [0.1, 0.15) is 11.3 Å². The number of nitrogens with zero attached hydrogens (tertiary/aromatic N) is 1. The van der Waals surface area contributed by atoms with E-state index < -0.39 is 0 Å². The lowest BCUT2D eigenvalue weighted by atomic mass is 10.3. The molecule has 0 fully saturated rings. The molecule has 0 spiro atoms. The van der Waals surface area contributed by atoms with Gasteiger partial charge < -0.3 is 10.2 Å². The molecule has 13 heavy (non-hydrogen) atoms. The average Bonchev–Trinajstić information content (AvgIpc) is 2.75. The highest BCUT2D eigenvalue weighted by atomic mass is 32.1. The van der Waals surface area contributed by atoms with Crippen molar-refractivity contribution in [2.45, 2.75) is 13.0 Å². The van der Waals surface area contributed by atoms with Gasteiger partial charge >= 0.3 is 0 Å². The van der Waals surface area contributed by atoms with Gasteiger partial charge in [0.15, 0.2) is 0 Å². The van der Waals surface area contributed by atoms with Gasteiger partial charge in [0.05, 0.1) is 6.26 Å². The number of hydrogen-bond donors (Lipinski definition) is 1. The molecule has 1 unspecified atom stereocenters. The minimum absolute atomic E-state index is 0.0538. The van der Waals surface area contributed by atoms with Crippen molar-refractivity contribution in [3.05, 3.63) is 29.7 Å². The van der Waals surface area contributed by atoms with Gasteiger partial charge in [-0.15, -0.1) is 11.3 Å². The maximum atomic E-state index is 5.73. The summed E-state index contributed by atoms with van der Waals surface area (Å²) in [5.41, 5.74) is 6.74. The van der Waals surface area contributed by atoms with Crippen LogP contribution in [0.1, 0.15) is 17.8 Å². The van der Waals surface area contributed by atoms with Crippen LogP contribution in [0.15, 0.2) is 29.2 Å². The largest absolute Gasteiger partial charge is 0.472 e. The van der Waals surface area contributed by atoms with E-state index in [1.165, 1.54) is 0 Å². The van der Waals surface area contributed by atoms with Crippen molar-refractivity contribution in [1.82, 2.24) is 4.98 Å². The van der Waals surface area contributed by atoms with Crippen LogP contribution in [0.3, 0.4) is 0 Å².